The van der Waals surface area contributed by atoms with Crippen molar-refractivity contribution in [2.45, 2.75) is 493 Å². The first-order valence-electron chi connectivity index (χ1n) is 45.2. The van der Waals surface area contributed by atoms with Crippen LogP contribution in [-0.2, 0) is 14.0 Å². The van der Waals surface area contributed by atoms with Crippen molar-refractivity contribution in [3.8, 4) is 0 Å². The molecule has 0 bridgehead atoms. The molecule has 0 radical (unpaired) electrons. The second-order valence-corrected chi connectivity index (χ2v) is 39.5. The minimum absolute atomic E-state index is 0.743. The van der Waals surface area contributed by atoms with Crippen molar-refractivity contribution in [3.05, 3.63) is 0 Å². The Morgan fingerprint density at radius 1 is 0.189 bits per heavy atom. The van der Waals surface area contributed by atoms with E-state index in [9.17, 15) is 0 Å². The summed E-state index contributed by atoms with van der Waals surface area (Å²) in [5.74, 6) is 0. The monoisotopic (exact) mass is 1450 g/mol. The zero-order chi connectivity index (χ0) is 67.3. The predicted molar refractivity (Wildman–Crippen MR) is 425 cm³/mol. The summed E-state index contributed by atoms with van der Waals surface area (Å²) < 4.78 is 28.4. The van der Waals surface area contributed by atoms with Crippen molar-refractivity contribution in [1.82, 2.24) is 9.80 Å². The van der Waals surface area contributed by atoms with Gasteiger partial charge in [0.15, 0.2) is 0 Å². The molecule has 6 nitrogen and oxygen atoms in total. The van der Waals surface area contributed by atoms with E-state index in [0.717, 1.165) is 70.2 Å². The van der Waals surface area contributed by atoms with Gasteiger partial charge in [-0.3, -0.25) is 0 Å². The van der Waals surface area contributed by atoms with Crippen LogP contribution in [0.5, 0.6) is 0 Å². The Morgan fingerprint density at radius 3 is 0.589 bits per heavy atom. The van der Waals surface area contributed by atoms with Crippen molar-refractivity contribution >= 4 is 19.6 Å². The van der Waals surface area contributed by atoms with E-state index >= 15 is 0 Å². The van der Waals surface area contributed by atoms with E-state index in [1.165, 1.54) is 482 Å². The van der Waals surface area contributed by atoms with Gasteiger partial charge < -0.3 is 0 Å². The number of hydrogen-bond donors (Lipinski definition) is 0. The Balaban J connectivity index is 1.71. The van der Waals surface area contributed by atoms with Gasteiger partial charge in [0, 0.05) is 0 Å². The predicted octanol–water partition coefficient (Wildman–Crippen LogP) is 29.5. The average molecular weight is 1450 g/mol. The molecule has 0 unspecified atom stereocenters. The molecule has 2 aliphatic heterocycles. The molecular formula is C88H178N2O4Sn. The molecule has 0 aromatic rings. The van der Waals surface area contributed by atoms with Gasteiger partial charge in [0.2, 0.25) is 0 Å². The van der Waals surface area contributed by atoms with E-state index in [-0.39, 0.29) is 0 Å². The zero-order valence-corrected chi connectivity index (χ0v) is 68.7. The first-order chi connectivity index (χ1) is 47.3. The molecular weight excluding hydrogens is 1270 g/mol. The molecule has 0 amide bonds. The van der Waals surface area contributed by atoms with Gasteiger partial charge in [0.05, 0.1) is 0 Å². The molecule has 2 heterocycles. The topological polar surface area (TPSA) is 43.4 Å². The van der Waals surface area contributed by atoms with E-state index < -0.39 is 19.6 Å². The quantitative estimate of drug-likeness (QED) is 0.128. The van der Waals surface area contributed by atoms with Gasteiger partial charge in [-0.25, -0.2) is 0 Å². The summed E-state index contributed by atoms with van der Waals surface area (Å²) in [4.78, 5) is 5.25. The van der Waals surface area contributed by atoms with E-state index in [0.29, 0.717) is 0 Å². The summed E-state index contributed by atoms with van der Waals surface area (Å²) in [7, 11) is 0. The van der Waals surface area contributed by atoms with Crippen LogP contribution in [0, 0.1) is 0 Å². The molecule has 2 aliphatic rings. The van der Waals surface area contributed by atoms with Crippen LogP contribution in [-0.4, -0.2) is 102 Å². The van der Waals surface area contributed by atoms with Crippen LogP contribution in [0.1, 0.15) is 489 Å². The van der Waals surface area contributed by atoms with Crippen LogP contribution in [0.25, 0.3) is 0 Å². The molecule has 2 fully saturated rings. The maximum absolute atomic E-state index is 7.07. The van der Waals surface area contributed by atoms with E-state index in [1.807, 2.05) is 0 Å². The van der Waals surface area contributed by atoms with Gasteiger partial charge in [-0.1, -0.05) is 302 Å². The molecule has 0 aromatic heterocycles. The van der Waals surface area contributed by atoms with E-state index in [4.69, 9.17) is 14.0 Å². The first kappa shape index (κ1) is 91.6. The van der Waals surface area contributed by atoms with Gasteiger partial charge >= 0.3 is 307 Å². The summed E-state index contributed by atoms with van der Waals surface area (Å²) in [5, 5.41) is 0. The van der Waals surface area contributed by atoms with Crippen LogP contribution < -0.4 is 0 Å². The molecule has 95 heavy (non-hydrogen) atoms. The fourth-order valence-corrected chi connectivity index (χ4v) is 23.0. The van der Waals surface area contributed by atoms with E-state index in [2.05, 4.69) is 23.6 Å². The van der Waals surface area contributed by atoms with Gasteiger partial charge in [-0.15, -0.1) is 0 Å². The zero-order valence-electron chi connectivity index (χ0n) is 65.8. The third-order valence-corrected chi connectivity index (χ3v) is 30.7. The third kappa shape index (κ3) is 68.7. The second-order valence-electron chi connectivity index (χ2n) is 31.7. The Hall–Kier alpha value is 0.559. The molecule has 568 valence electrons. The summed E-state index contributed by atoms with van der Waals surface area (Å²) in [6, 6.07) is 0. The van der Waals surface area contributed by atoms with Gasteiger partial charge in [-0.05, 0) is 0 Å². The van der Waals surface area contributed by atoms with Crippen molar-refractivity contribution in [2.24, 2.45) is 0 Å². The Labute approximate surface area is 605 Å². The van der Waals surface area contributed by atoms with Gasteiger partial charge in [-0.2, -0.15) is 0 Å². The van der Waals surface area contributed by atoms with Gasteiger partial charge in [0.25, 0.3) is 0 Å². The minimum atomic E-state index is -3.72. The van der Waals surface area contributed by atoms with Crippen molar-refractivity contribution < 1.29 is 14.0 Å². The number of rotatable bonds is 14. The van der Waals surface area contributed by atoms with Crippen LogP contribution in [0.15, 0.2) is 0 Å². The number of hydrogen-bond acceptors (Lipinski definition) is 6. The van der Waals surface area contributed by atoms with Gasteiger partial charge in [0.1, 0.15) is 0 Å². The number of ether oxygens (including phenoxy) is 1. The molecule has 0 aliphatic carbocycles. The second kappa shape index (κ2) is 78.7. The van der Waals surface area contributed by atoms with Crippen LogP contribution >= 0.6 is 0 Å². The molecule has 7 heteroatoms. The Bertz CT molecular complexity index is 1390. The standard InChI is InChI=1S/C76H153NO2.C12H25NO2.Sn/c1-3-5-7-9-11-12-13-14-15-16-17-18-19-20-21-22-23-24-25-26-27-28-29-30-31-32-33-34-35-36-37-38-39-40-41-42-43-44-45-46-47-48-49-50-51-52-53-54-55-56-57-58-59-60-61-62-63-64-65-66-68-70-75-79-76-73-77(72-74-78)71-69-67-10-8-6-4-2;1-2-3-4-5-6-7-8-13(9-11-14)10-12-15;/h1,3-76H2,2H3;2-12H2,1H3;/q-1;-2;+3. The van der Waals surface area contributed by atoms with Crippen LogP contribution in [0.2, 0.25) is 4.44 Å². The van der Waals surface area contributed by atoms with Crippen LogP contribution in [0.3, 0.4) is 0 Å². The summed E-state index contributed by atoms with van der Waals surface area (Å²) in [6.07, 6.45) is 106. The molecule has 0 atom stereocenters. The summed E-state index contributed by atoms with van der Waals surface area (Å²) >= 11 is -3.72. The summed E-state index contributed by atoms with van der Waals surface area (Å²) in [5.41, 5.74) is 0. The maximum atomic E-state index is 7.07. The Kier molecular flexibility index (Phi) is 75.9. The SMILES string of the molecule is CCCCCCCCN1CCOCCCCCCCCCCCCCCCCCCCCCCCCCCCCCCCCCCCCCCCCCCCCCCCCCCCCCCCCCCCCCCC[CH2][Sn]2([O]CC1)[O]CCN(CCCCCCCC)CC[O]2. The van der Waals surface area contributed by atoms with Crippen molar-refractivity contribution in [1.29, 1.82) is 0 Å². The Morgan fingerprint density at radius 2 is 0.368 bits per heavy atom. The van der Waals surface area contributed by atoms with Crippen molar-refractivity contribution in [3.63, 3.8) is 0 Å². The molecule has 2 saturated heterocycles. The third-order valence-electron chi connectivity index (χ3n) is 22.4. The fourth-order valence-electron chi connectivity index (χ4n) is 15.7. The fraction of sp³-hybridized carbons (Fsp3) is 1.00. The normalized spacial score (nSPS) is 23.2. The van der Waals surface area contributed by atoms with Crippen molar-refractivity contribution in [2.75, 3.05) is 72.3 Å². The molecule has 2 rings (SSSR count). The number of nitrogens with zero attached hydrogens (tertiary/aromatic N) is 2. The number of unbranched alkanes of at least 4 members (excludes halogenated alkanes) is 10. The first-order valence-corrected chi connectivity index (χ1v) is 50.7. The molecule has 0 aromatic carbocycles. The van der Waals surface area contributed by atoms with Crippen LogP contribution in [0.4, 0.5) is 0 Å². The molecule has 0 N–H and O–H groups in total. The average Bonchev–Trinajstić information content (AvgIpc) is 1.05. The molecule has 1 spiro atoms. The summed E-state index contributed by atoms with van der Waals surface area (Å²) in [6.45, 7) is 15.1. The molecule has 0 saturated carbocycles. The van der Waals surface area contributed by atoms with E-state index in [1.54, 1.807) is 0 Å².